The summed E-state index contributed by atoms with van der Waals surface area (Å²) in [6.45, 7) is 0.178. The van der Waals surface area contributed by atoms with E-state index in [1.54, 1.807) is 0 Å². The fourth-order valence-electron chi connectivity index (χ4n) is 2.06. The van der Waals surface area contributed by atoms with Crippen molar-refractivity contribution in [1.82, 2.24) is 5.32 Å². The highest BCUT2D eigenvalue weighted by Gasteiger charge is 2.01. The summed E-state index contributed by atoms with van der Waals surface area (Å²) < 4.78 is 0. The van der Waals surface area contributed by atoms with E-state index >= 15 is 0 Å². The Bertz CT molecular complexity index is 468. The zero-order valence-electron chi connectivity index (χ0n) is 13.0. The summed E-state index contributed by atoms with van der Waals surface area (Å²) in [7, 11) is 0. The number of aliphatic hydroxyl groups excluding tert-OH is 1. The number of aliphatic hydroxyl groups is 1. The fraction of sp³-hybridized carbons (Fsp3) is 0.444. The maximum absolute atomic E-state index is 11.6. The highest BCUT2D eigenvalue weighted by molar-refractivity contribution is 5.79. The molecule has 1 aromatic carbocycles. The van der Waals surface area contributed by atoms with Crippen molar-refractivity contribution >= 4 is 17.8 Å². The molecule has 0 unspecified atom stereocenters. The Hall–Kier alpha value is -1.94. The molecule has 0 saturated carbocycles. The topological polar surface area (TPSA) is 66.4 Å². The van der Waals surface area contributed by atoms with E-state index in [2.05, 4.69) is 5.32 Å². The van der Waals surface area contributed by atoms with Crippen LogP contribution in [0.4, 0.5) is 0 Å². The molecule has 0 aliphatic heterocycles. The van der Waals surface area contributed by atoms with Gasteiger partial charge in [-0.2, -0.15) is 0 Å². The van der Waals surface area contributed by atoms with Gasteiger partial charge in [-0.25, -0.2) is 0 Å². The molecule has 0 bridgehead atoms. The van der Waals surface area contributed by atoms with Gasteiger partial charge in [0.05, 0.1) is 0 Å². The van der Waals surface area contributed by atoms with Crippen molar-refractivity contribution in [3.63, 3.8) is 0 Å². The summed E-state index contributed by atoms with van der Waals surface area (Å²) in [5.74, 6) is -0.0490. The summed E-state index contributed by atoms with van der Waals surface area (Å²) in [5, 5.41) is 11.4. The number of benzene rings is 1. The summed E-state index contributed by atoms with van der Waals surface area (Å²) in [4.78, 5) is 22.5. The molecule has 1 amide bonds. The maximum atomic E-state index is 11.6. The Balaban J connectivity index is 2.00. The van der Waals surface area contributed by atoms with Gasteiger partial charge >= 0.3 is 0 Å². The third-order valence-corrected chi connectivity index (χ3v) is 3.31. The quantitative estimate of drug-likeness (QED) is 0.618. The molecular formula is C18H25NO3. The van der Waals surface area contributed by atoms with Gasteiger partial charge in [0, 0.05) is 19.4 Å². The van der Waals surface area contributed by atoms with Gasteiger partial charge in [0.2, 0.25) is 5.91 Å². The summed E-state index contributed by atoms with van der Waals surface area (Å²) in [6, 6.07) is 9.96. The van der Waals surface area contributed by atoms with Gasteiger partial charge in [0.1, 0.15) is 6.61 Å². The van der Waals surface area contributed by atoms with Crippen LogP contribution in [0.5, 0.6) is 0 Å². The predicted octanol–water partition coefficient (Wildman–Crippen LogP) is 2.72. The van der Waals surface area contributed by atoms with Crippen LogP contribution in [0.1, 0.15) is 44.1 Å². The van der Waals surface area contributed by atoms with Crippen molar-refractivity contribution in [3.05, 3.63) is 42.0 Å². The molecule has 4 heteroatoms. The van der Waals surface area contributed by atoms with Crippen LogP contribution in [0.3, 0.4) is 0 Å². The van der Waals surface area contributed by atoms with Gasteiger partial charge in [-0.3, -0.25) is 9.59 Å². The number of unbranched alkanes of at least 4 members (excludes halogenated alkanes) is 3. The van der Waals surface area contributed by atoms with Crippen LogP contribution in [0.15, 0.2) is 36.4 Å². The van der Waals surface area contributed by atoms with E-state index in [4.69, 9.17) is 5.11 Å². The minimum absolute atomic E-state index is 0.0594. The fourth-order valence-corrected chi connectivity index (χ4v) is 2.06. The summed E-state index contributed by atoms with van der Waals surface area (Å²) >= 11 is 0. The Kier molecular flexibility index (Phi) is 9.62. The smallest absolute Gasteiger partial charge is 0.220 e. The number of carbonyl (C=O) groups excluding carboxylic acids is 2. The summed E-state index contributed by atoms with van der Waals surface area (Å²) in [6.07, 6.45) is 8.37. The molecule has 0 atom stereocenters. The van der Waals surface area contributed by atoms with Crippen LogP contribution in [0.2, 0.25) is 0 Å². The van der Waals surface area contributed by atoms with E-state index in [0.717, 1.165) is 31.2 Å². The first-order valence-electron chi connectivity index (χ1n) is 7.83. The normalized spacial score (nSPS) is 10.8. The lowest BCUT2D eigenvalue weighted by molar-refractivity contribution is -0.122. The van der Waals surface area contributed by atoms with Gasteiger partial charge in [-0.1, -0.05) is 55.3 Å². The molecule has 0 aliphatic carbocycles. The van der Waals surface area contributed by atoms with Crippen LogP contribution in [-0.4, -0.2) is 29.9 Å². The van der Waals surface area contributed by atoms with Crippen LogP contribution >= 0.6 is 0 Å². The first-order chi connectivity index (χ1) is 10.7. The Morgan fingerprint density at radius 3 is 2.36 bits per heavy atom. The van der Waals surface area contributed by atoms with Crippen molar-refractivity contribution in [1.29, 1.82) is 0 Å². The third kappa shape index (κ3) is 9.08. The van der Waals surface area contributed by atoms with Crippen LogP contribution in [-0.2, 0) is 9.59 Å². The molecule has 22 heavy (non-hydrogen) atoms. The minimum Gasteiger partial charge on any atom is -0.389 e. The van der Waals surface area contributed by atoms with E-state index in [1.165, 1.54) is 0 Å². The molecule has 0 heterocycles. The van der Waals surface area contributed by atoms with E-state index in [0.29, 0.717) is 19.4 Å². The Labute approximate surface area is 132 Å². The first kappa shape index (κ1) is 18.1. The highest BCUT2D eigenvalue weighted by Crippen LogP contribution is 2.05. The molecule has 0 saturated heterocycles. The van der Waals surface area contributed by atoms with E-state index in [9.17, 15) is 9.59 Å². The van der Waals surface area contributed by atoms with Crippen molar-refractivity contribution < 1.29 is 14.7 Å². The van der Waals surface area contributed by atoms with E-state index in [1.807, 2.05) is 42.5 Å². The zero-order chi connectivity index (χ0) is 16.0. The molecule has 0 radical (unpaired) electrons. The first-order valence-corrected chi connectivity index (χ1v) is 7.83. The number of amides is 1. The lowest BCUT2D eigenvalue weighted by Gasteiger charge is -2.02. The number of carbonyl (C=O) groups is 2. The molecule has 0 fully saturated rings. The van der Waals surface area contributed by atoms with Crippen LogP contribution < -0.4 is 5.32 Å². The number of nitrogens with one attached hydrogen (secondary N) is 1. The van der Waals surface area contributed by atoms with Gasteiger partial charge in [0.25, 0.3) is 0 Å². The predicted molar refractivity (Wildman–Crippen MR) is 88.3 cm³/mol. The molecular weight excluding hydrogens is 278 g/mol. The number of ketones is 1. The molecule has 0 aliphatic rings. The molecule has 120 valence electrons. The maximum Gasteiger partial charge on any atom is 0.220 e. The average Bonchev–Trinajstić information content (AvgIpc) is 2.55. The number of hydrogen-bond acceptors (Lipinski definition) is 3. The minimum atomic E-state index is -0.362. The Morgan fingerprint density at radius 1 is 1.00 bits per heavy atom. The van der Waals surface area contributed by atoms with E-state index < -0.39 is 0 Å². The second-order valence-electron chi connectivity index (χ2n) is 5.23. The van der Waals surface area contributed by atoms with Gasteiger partial charge in [0.15, 0.2) is 5.78 Å². The van der Waals surface area contributed by atoms with Crippen molar-refractivity contribution in [2.45, 2.75) is 38.5 Å². The average molecular weight is 303 g/mol. The van der Waals surface area contributed by atoms with Gasteiger partial charge < -0.3 is 10.4 Å². The van der Waals surface area contributed by atoms with Gasteiger partial charge in [-0.05, 0) is 18.4 Å². The second-order valence-corrected chi connectivity index (χ2v) is 5.23. The molecule has 0 spiro atoms. The molecule has 0 aromatic heterocycles. The largest absolute Gasteiger partial charge is 0.389 e. The lowest BCUT2D eigenvalue weighted by Crippen LogP contribution is -2.22. The molecule has 2 N–H and O–H groups in total. The molecule has 1 rings (SSSR count). The number of hydrogen-bond donors (Lipinski definition) is 2. The number of rotatable bonds is 11. The monoisotopic (exact) mass is 303 g/mol. The second kappa shape index (κ2) is 11.7. The lowest BCUT2D eigenvalue weighted by atomic mass is 10.1. The number of Topliss-reactive ketones (excluding diaryl/α,β-unsaturated/α-hetero) is 1. The highest BCUT2D eigenvalue weighted by atomic mass is 16.3. The van der Waals surface area contributed by atoms with Crippen molar-refractivity contribution in [2.24, 2.45) is 0 Å². The summed E-state index contributed by atoms with van der Waals surface area (Å²) in [5.41, 5.74) is 1.12. The zero-order valence-corrected chi connectivity index (χ0v) is 13.0. The third-order valence-electron chi connectivity index (χ3n) is 3.31. The van der Waals surface area contributed by atoms with E-state index in [-0.39, 0.29) is 18.3 Å². The van der Waals surface area contributed by atoms with Crippen molar-refractivity contribution in [2.75, 3.05) is 13.2 Å². The standard InChI is InChI=1S/C18H25NO3/c20-15-17(21)12-6-1-2-7-13-18(22)19-14-8-11-16-9-4-3-5-10-16/h3-5,8-11,20H,1-2,6-7,12-15H2,(H,19,22)/b11-8+. The molecule has 1 aromatic rings. The van der Waals surface area contributed by atoms with Crippen molar-refractivity contribution in [3.8, 4) is 0 Å². The Morgan fingerprint density at radius 2 is 1.68 bits per heavy atom. The SMILES string of the molecule is O=C(CO)CCCCCCC(=O)NC/C=C/c1ccccc1. The van der Waals surface area contributed by atoms with Crippen LogP contribution in [0.25, 0.3) is 6.08 Å². The van der Waals surface area contributed by atoms with Gasteiger partial charge in [-0.15, -0.1) is 0 Å². The molecule has 4 nitrogen and oxygen atoms in total. The van der Waals surface area contributed by atoms with Crippen LogP contribution in [0, 0.1) is 0 Å².